The van der Waals surface area contributed by atoms with Crippen molar-refractivity contribution in [3.8, 4) is 5.69 Å². The summed E-state index contributed by atoms with van der Waals surface area (Å²) in [4.78, 5) is 38.7. The second-order valence-electron chi connectivity index (χ2n) is 7.18. The van der Waals surface area contributed by atoms with Gasteiger partial charge in [0.05, 0.1) is 12.2 Å². The lowest BCUT2D eigenvalue weighted by atomic mass is 10.2. The van der Waals surface area contributed by atoms with Crippen molar-refractivity contribution in [1.82, 2.24) is 19.7 Å². The number of nitrogens with one attached hydrogen (secondary N) is 1. The Hall–Kier alpha value is -3.55. The van der Waals surface area contributed by atoms with Gasteiger partial charge in [-0.05, 0) is 50.1 Å². The van der Waals surface area contributed by atoms with E-state index < -0.39 is 28.7 Å². The van der Waals surface area contributed by atoms with Crippen molar-refractivity contribution in [3.63, 3.8) is 0 Å². The third-order valence-corrected chi connectivity index (χ3v) is 4.77. The van der Waals surface area contributed by atoms with Crippen LogP contribution < -0.4 is 16.6 Å². The molecule has 3 aromatic rings. The van der Waals surface area contributed by atoms with Crippen molar-refractivity contribution in [1.29, 1.82) is 0 Å². The lowest BCUT2D eigenvalue weighted by molar-refractivity contribution is 0.0929. The Bertz CT molecular complexity index is 1180. The number of carbonyl (C=O) groups excluding carboxylic acids is 1. The van der Waals surface area contributed by atoms with Crippen molar-refractivity contribution in [2.75, 3.05) is 0 Å². The Labute approximate surface area is 172 Å². The Balaban J connectivity index is 2.18. The van der Waals surface area contributed by atoms with Gasteiger partial charge in [0.1, 0.15) is 5.82 Å². The molecule has 1 amide bonds. The third kappa shape index (κ3) is 4.53. The summed E-state index contributed by atoms with van der Waals surface area (Å²) in [6.07, 6.45) is 0.667. The van der Waals surface area contributed by atoms with Crippen LogP contribution in [0.15, 0.2) is 58.1 Å². The Morgan fingerprint density at radius 2 is 1.87 bits per heavy atom. The molecule has 0 unspecified atom stereocenters. The van der Waals surface area contributed by atoms with Gasteiger partial charge >= 0.3 is 5.69 Å². The number of aryl methyl sites for hydroxylation is 1. The van der Waals surface area contributed by atoms with Crippen LogP contribution in [0.25, 0.3) is 5.69 Å². The number of nitrogens with zero attached hydrogens (tertiary/aromatic N) is 3. The molecule has 1 aromatic heterocycles. The van der Waals surface area contributed by atoms with E-state index >= 15 is 0 Å². The summed E-state index contributed by atoms with van der Waals surface area (Å²) in [6.45, 7) is 5.41. The highest BCUT2D eigenvalue weighted by Crippen LogP contribution is 2.07. The lowest BCUT2D eigenvalue weighted by Gasteiger charge is -2.14. The van der Waals surface area contributed by atoms with Gasteiger partial charge in [0.25, 0.3) is 11.5 Å². The van der Waals surface area contributed by atoms with E-state index in [-0.39, 0.29) is 12.6 Å². The van der Waals surface area contributed by atoms with E-state index in [0.29, 0.717) is 17.7 Å². The molecule has 0 spiro atoms. The third-order valence-electron chi connectivity index (χ3n) is 4.77. The molecule has 0 bridgehead atoms. The number of aromatic nitrogens is 3. The van der Waals surface area contributed by atoms with Crippen LogP contribution in [0.1, 0.15) is 41.9 Å². The van der Waals surface area contributed by atoms with Gasteiger partial charge in [0.15, 0.2) is 0 Å². The SMILES string of the molecule is CC[C@@H](C)NC(=O)c1nn(-c2ccc(C)cc2)c(=O)n(Cc2cccc(F)c2)c1=O. The first-order valence-corrected chi connectivity index (χ1v) is 9.66. The highest BCUT2D eigenvalue weighted by Gasteiger charge is 2.21. The fraction of sp³-hybridized carbons (Fsp3) is 0.273. The number of carbonyl (C=O) groups is 1. The average Bonchev–Trinajstić information content (AvgIpc) is 2.72. The van der Waals surface area contributed by atoms with Gasteiger partial charge in [-0.25, -0.2) is 9.18 Å². The summed E-state index contributed by atoms with van der Waals surface area (Å²) in [5, 5.41) is 6.77. The second kappa shape index (κ2) is 8.86. The first-order chi connectivity index (χ1) is 14.3. The molecule has 156 valence electrons. The van der Waals surface area contributed by atoms with Gasteiger partial charge in [-0.3, -0.25) is 14.2 Å². The maximum absolute atomic E-state index is 13.6. The number of benzene rings is 2. The van der Waals surface area contributed by atoms with E-state index in [4.69, 9.17) is 0 Å². The molecular formula is C22H23FN4O3. The topological polar surface area (TPSA) is 86.0 Å². The summed E-state index contributed by atoms with van der Waals surface area (Å²) in [7, 11) is 0. The van der Waals surface area contributed by atoms with Gasteiger partial charge in [-0.2, -0.15) is 9.78 Å². The molecule has 0 radical (unpaired) electrons. The monoisotopic (exact) mass is 410 g/mol. The minimum atomic E-state index is -0.826. The fourth-order valence-electron chi connectivity index (χ4n) is 2.86. The molecule has 1 heterocycles. The minimum absolute atomic E-state index is 0.171. The zero-order valence-electron chi connectivity index (χ0n) is 17.1. The maximum Gasteiger partial charge on any atom is 0.352 e. The minimum Gasteiger partial charge on any atom is -0.348 e. The molecule has 0 aliphatic carbocycles. The molecule has 0 aliphatic rings. The standard InChI is InChI=1S/C22H23FN4O3/c1-4-15(3)24-20(28)19-21(29)26(13-16-6-5-7-17(23)12-16)22(30)27(25-19)18-10-8-14(2)9-11-18/h5-12,15H,4,13H2,1-3H3,(H,24,28)/t15-/m1/s1. The van der Waals surface area contributed by atoms with E-state index in [1.807, 2.05) is 13.8 Å². The van der Waals surface area contributed by atoms with Crippen LogP contribution in [0.3, 0.4) is 0 Å². The van der Waals surface area contributed by atoms with Gasteiger partial charge < -0.3 is 5.32 Å². The summed E-state index contributed by atoms with van der Waals surface area (Å²) < 4.78 is 15.5. The fourth-order valence-corrected chi connectivity index (χ4v) is 2.86. The molecule has 0 aliphatic heterocycles. The predicted octanol–water partition coefficient (Wildman–Crippen LogP) is 2.42. The molecule has 8 heteroatoms. The summed E-state index contributed by atoms with van der Waals surface area (Å²) >= 11 is 0. The number of halogens is 1. The molecule has 7 nitrogen and oxygen atoms in total. The van der Waals surface area contributed by atoms with Crippen molar-refractivity contribution >= 4 is 5.91 Å². The van der Waals surface area contributed by atoms with E-state index in [1.165, 1.54) is 18.2 Å². The smallest absolute Gasteiger partial charge is 0.348 e. The zero-order chi connectivity index (χ0) is 21.8. The Morgan fingerprint density at radius 3 is 2.50 bits per heavy atom. The van der Waals surface area contributed by atoms with Crippen LogP contribution in [0.2, 0.25) is 0 Å². The van der Waals surface area contributed by atoms with Crippen molar-refractivity contribution in [3.05, 3.63) is 92.0 Å². The highest BCUT2D eigenvalue weighted by molar-refractivity contribution is 5.91. The Kier molecular flexibility index (Phi) is 6.25. The normalized spacial score (nSPS) is 11.9. The maximum atomic E-state index is 13.6. The molecular weight excluding hydrogens is 387 g/mol. The van der Waals surface area contributed by atoms with Gasteiger partial charge in [0.2, 0.25) is 5.69 Å². The average molecular weight is 410 g/mol. The number of rotatable bonds is 6. The van der Waals surface area contributed by atoms with Gasteiger partial charge in [-0.15, -0.1) is 0 Å². The van der Waals surface area contributed by atoms with Crippen LogP contribution in [-0.4, -0.2) is 26.3 Å². The first-order valence-electron chi connectivity index (χ1n) is 9.66. The lowest BCUT2D eigenvalue weighted by Crippen LogP contribution is -2.47. The van der Waals surface area contributed by atoms with Crippen LogP contribution in [-0.2, 0) is 6.54 Å². The number of hydrogen-bond acceptors (Lipinski definition) is 4. The van der Waals surface area contributed by atoms with Crippen LogP contribution in [0.4, 0.5) is 4.39 Å². The van der Waals surface area contributed by atoms with Crippen LogP contribution in [0, 0.1) is 12.7 Å². The van der Waals surface area contributed by atoms with E-state index in [9.17, 15) is 18.8 Å². The number of hydrogen-bond donors (Lipinski definition) is 1. The summed E-state index contributed by atoms with van der Waals surface area (Å²) in [5.41, 5.74) is -0.122. The highest BCUT2D eigenvalue weighted by atomic mass is 19.1. The quantitative estimate of drug-likeness (QED) is 0.676. The van der Waals surface area contributed by atoms with Crippen LogP contribution >= 0.6 is 0 Å². The predicted molar refractivity (Wildman–Crippen MR) is 112 cm³/mol. The van der Waals surface area contributed by atoms with Gasteiger partial charge in [0, 0.05) is 6.04 Å². The molecule has 0 saturated carbocycles. The molecule has 3 rings (SSSR count). The van der Waals surface area contributed by atoms with E-state index in [0.717, 1.165) is 14.8 Å². The van der Waals surface area contributed by atoms with Crippen molar-refractivity contribution < 1.29 is 9.18 Å². The molecule has 0 saturated heterocycles. The first kappa shape index (κ1) is 21.2. The zero-order valence-corrected chi connectivity index (χ0v) is 17.1. The molecule has 1 atom stereocenters. The molecule has 2 aromatic carbocycles. The second-order valence-corrected chi connectivity index (χ2v) is 7.18. The number of amides is 1. The molecule has 1 N–H and O–H groups in total. The Morgan fingerprint density at radius 1 is 1.17 bits per heavy atom. The molecule has 0 fully saturated rings. The summed E-state index contributed by atoms with van der Waals surface area (Å²) in [5.74, 6) is -1.15. The summed E-state index contributed by atoms with van der Waals surface area (Å²) in [6, 6.07) is 12.4. The van der Waals surface area contributed by atoms with Crippen LogP contribution in [0.5, 0.6) is 0 Å². The van der Waals surface area contributed by atoms with Gasteiger partial charge in [-0.1, -0.05) is 36.8 Å². The largest absolute Gasteiger partial charge is 0.352 e. The molecule has 30 heavy (non-hydrogen) atoms. The van der Waals surface area contributed by atoms with E-state index in [2.05, 4.69) is 10.4 Å². The van der Waals surface area contributed by atoms with Crippen molar-refractivity contribution in [2.45, 2.75) is 39.8 Å². The van der Waals surface area contributed by atoms with E-state index in [1.54, 1.807) is 37.3 Å². The van der Waals surface area contributed by atoms with Crippen molar-refractivity contribution in [2.24, 2.45) is 0 Å².